The Kier molecular flexibility index (Phi) is 5.98. The molecule has 0 radical (unpaired) electrons. The Morgan fingerprint density at radius 1 is 1.25 bits per heavy atom. The second kappa shape index (κ2) is 7.12. The van der Waals surface area contributed by atoms with Crippen LogP contribution in [0.3, 0.4) is 0 Å². The van der Waals surface area contributed by atoms with Crippen LogP contribution in [0, 0.1) is 17.8 Å². The first-order valence-electron chi connectivity index (χ1n) is 7.44. The summed E-state index contributed by atoms with van der Waals surface area (Å²) in [5.41, 5.74) is 0. The Hall–Kier alpha value is 0.419. The van der Waals surface area contributed by atoms with Gasteiger partial charge < -0.3 is 0 Å². The topological polar surface area (TPSA) is 9.23 Å². The first-order chi connectivity index (χ1) is 9.40. The molecule has 4 unspecified atom stereocenters. The van der Waals surface area contributed by atoms with Gasteiger partial charge in [0.2, 0.25) is 0 Å². The summed E-state index contributed by atoms with van der Waals surface area (Å²) >= 11 is 9.89. The van der Waals surface area contributed by atoms with E-state index in [0.717, 1.165) is 17.6 Å². The molecule has 0 saturated heterocycles. The molecule has 1 aromatic carbocycles. The van der Waals surface area contributed by atoms with Crippen molar-refractivity contribution in [3.63, 3.8) is 0 Å². The molecule has 0 spiro atoms. The second-order valence-electron chi connectivity index (χ2n) is 6.29. The van der Waals surface area contributed by atoms with Crippen LogP contribution in [0.4, 0.5) is 0 Å². The van der Waals surface area contributed by atoms with Crippen LogP contribution < -0.4 is 5.30 Å². The van der Waals surface area contributed by atoms with Gasteiger partial charge in [0.15, 0.2) is 0 Å². The molecular weight excluding hydrogens is 354 g/mol. The number of halogens is 1. The van der Waals surface area contributed by atoms with E-state index in [1.54, 1.807) is 0 Å². The van der Waals surface area contributed by atoms with Crippen molar-refractivity contribution < 1.29 is 4.52 Å². The zero-order valence-electron chi connectivity index (χ0n) is 12.5. The standard InChI is InChI=1S/C16H24ClOPSe/c1-12(2)15-10-9-13(3)11-16(15)18-19(17,20)14-7-5-4-6-8-14/h4-8,12-13,15-16H,9-11H2,1-3H3. The molecule has 0 N–H and O–H groups in total. The maximum atomic E-state index is 6.75. The average molecular weight is 378 g/mol. The van der Waals surface area contributed by atoms with E-state index in [2.05, 4.69) is 48.0 Å². The van der Waals surface area contributed by atoms with Crippen molar-refractivity contribution in [3.05, 3.63) is 30.3 Å². The molecule has 0 heterocycles. The molecule has 112 valence electrons. The van der Waals surface area contributed by atoms with E-state index in [0.29, 0.717) is 11.8 Å². The fourth-order valence-corrected chi connectivity index (χ4v) is 6.42. The zero-order chi connectivity index (χ0) is 14.8. The Morgan fingerprint density at radius 2 is 1.90 bits per heavy atom. The van der Waals surface area contributed by atoms with Gasteiger partial charge in [-0.2, -0.15) is 0 Å². The second-order valence-corrected chi connectivity index (χ2v) is 14.0. The molecule has 0 bridgehead atoms. The molecule has 20 heavy (non-hydrogen) atoms. The van der Waals surface area contributed by atoms with Crippen molar-refractivity contribution in [1.29, 1.82) is 0 Å². The summed E-state index contributed by atoms with van der Waals surface area (Å²) in [5, 5.41) is -1.02. The van der Waals surface area contributed by atoms with Crippen molar-refractivity contribution in [3.8, 4) is 0 Å². The number of hydrogen-bond donors (Lipinski definition) is 0. The predicted molar refractivity (Wildman–Crippen MR) is 90.8 cm³/mol. The molecule has 1 aliphatic carbocycles. The van der Waals surface area contributed by atoms with E-state index in [1.807, 2.05) is 18.2 Å². The number of benzene rings is 1. The van der Waals surface area contributed by atoms with Gasteiger partial charge in [0.05, 0.1) is 0 Å². The monoisotopic (exact) mass is 378 g/mol. The van der Waals surface area contributed by atoms with Crippen LogP contribution in [0.25, 0.3) is 0 Å². The van der Waals surface area contributed by atoms with Crippen molar-refractivity contribution in [2.24, 2.45) is 17.8 Å². The van der Waals surface area contributed by atoms with Crippen LogP contribution in [-0.2, 0) is 4.52 Å². The Morgan fingerprint density at radius 3 is 2.50 bits per heavy atom. The van der Waals surface area contributed by atoms with Gasteiger partial charge in [0.1, 0.15) is 0 Å². The SMILES string of the molecule is CC1CCC(C(C)C)C(OP(Cl)(=[Se])c2ccccc2)C1. The van der Waals surface area contributed by atoms with Crippen molar-refractivity contribution in [2.45, 2.75) is 46.1 Å². The predicted octanol–water partition coefficient (Wildman–Crippen LogP) is 4.96. The van der Waals surface area contributed by atoms with E-state index in [1.165, 1.54) is 12.8 Å². The van der Waals surface area contributed by atoms with Crippen molar-refractivity contribution in [1.82, 2.24) is 0 Å². The molecule has 4 heteroatoms. The maximum absolute atomic E-state index is 6.75. The van der Waals surface area contributed by atoms with Crippen LogP contribution >= 0.6 is 16.3 Å². The normalized spacial score (nSPS) is 30.1. The molecule has 1 aliphatic rings. The third-order valence-corrected chi connectivity index (χ3v) is 8.45. The summed E-state index contributed by atoms with van der Waals surface area (Å²) in [6.45, 7) is 6.92. The van der Waals surface area contributed by atoms with E-state index < -0.39 is 5.09 Å². The summed E-state index contributed by atoms with van der Waals surface area (Å²) in [6.07, 6.45) is 3.99. The van der Waals surface area contributed by atoms with E-state index in [9.17, 15) is 0 Å². The van der Waals surface area contributed by atoms with Gasteiger partial charge in [-0.1, -0.05) is 0 Å². The zero-order valence-corrected chi connectivity index (χ0v) is 15.8. The van der Waals surface area contributed by atoms with Gasteiger partial charge in [-0.25, -0.2) is 0 Å². The van der Waals surface area contributed by atoms with Crippen LogP contribution in [0.1, 0.15) is 40.0 Å². The molecule has 0 aromatic heterocycles. The molecule has 0 aliphatic heterocycles. The minimum absolute atomic E-state index is 0.283. The van der Waals surface area contributed by atoms with Crippen LogP contribution in [-0.4, -0.2) is 21.2 Å². The van der Waals surface area contributed by atoms with E-state index in [-0.39, 0.29) is 6.10 Å². The molecule has 2 rings (SSSR count). The van der Waals surface area contributed by atoms with E-state index in [4.69, 9.17) is 15.8 Å². The first kappa shape index (κ1) is 16.8. The van der Waals surface area contributed by atoms with Crippen molar-refractivity contribution in [2.75, 3.05) is 0 Å². The van der Waals surface area contributed by atoms with Gasteiger partial charge in [0.25, 0.3) is 0 Å². The average Bonchev–Trinajstić information content (AvgIpc) is 2.39. The molecule has 1 nitrogen and oxygen atoms in total. The van der Waals surface area contributed by atoms with Gasteiger partial charge >= 0.3 is 135 Å². The third-order valence-electron chi connectivity index (χ3n) is 4.30. The molecule has 1 saturated carbocycles. The Labute approximate surface area is 135 Å². The molecule has 0 amide bonds. The first-order valence-corrected chi connectivity index (χ1v) is 12.3. The van der Waals surface area contributed by atoms with Crippen molar-refractivity contribution >= 4 is 36.7 Å². The van der Waals surface area contributed by atoms with Gasteiger partial charge in [-0.05, 0) is 0 Å². The van der Waals surface area contributed by atoms with Crippen LogP contribution in [0.15, 0.2) is 30.3 Å². The van der Waals surface area contributed by atoms with Crippen LogP contribution in [0.5, 0.6) is 0 Å². The summed E-state index contributed by atoms with van der Waals surface area (Å²) in [4.78, 5) is 0. The minimum atomic E-state index is -2.12. The van der Waals surface area contributed by atoms with Crippen LogP contribution in [0.2, 0.25) is 0 Å². The summed E-state index contributed by atoms with van der Waals surface area (Å²) < 4.78 is 6.43. The molecule has 1 aromatic rings. The summed E-state index contributed by atoms with van der Waals surface area (Å²) in [5.74, 6) is 2.02. The Bertz CT molecular complexity index is 477. The third kappa shape index (κ3) is 4.21. The molecular formula is C16H24ClOPSe. The fraction of sp³-hybridized carbons (Fsp3) is 0.625. The Balaban J connectivity index is 2.15. The molecule has 1 fully saturated rings. The van der Waals surface area contributed by atoms with E-state index >= 15 is 0 Å². The molecule has 4 atom stereocenters. The summed E-state index contributed by atoms with van der Waals surface area (Å²) in [6, 6.07) is 10.2. The summed E-state index contributed by atoms with van der Waals surface area (Å²) in [7, 11) is 0. The fourth-order valence-electron chi connectivity index (χ4n) is 3.08. The van der Waals surface area contributed by atoms with Gasteiger partial charge in [-0.3, -0.25) is 0 Å². The quantitative estimate of drug-likeness (QED) is 0.532. The number of hydrogen-bond acceptors (Lipinski definition) is 1. The number of rotatable bonds is 4. The van der Waals surface area contributed by atoms with Gasteiger partial charge in [-0.15, -0.1) is 0 Å². The van der Waals surface area contributed by atoms with Gasteiger partial charge in [0, 0.05) is 0 Å².